The smallest absolute Gasteiger partial charge is 0.141 e. The van der Waals surface area contributed by atoms with Gasteiger partial charge in [0, 0.05) is 12.7 Å². The predicted octanol–water partition coefficient (Wildman–Crippen LogP) is 3.54. The standard InChI is InChI=1S/C12H14BrFO2/c13-11-5-4-9(7-12(11)14)16-8-10-3-1-2-6-15-10/h4-5,7,10H,1-3,6,8H2. The van der Waals surface area contributed by atoms with Gasteiger partial charge in [0.2, 0.25) is 0 Å². The van der Waals surface area contributed by atoms with E-state index < -0.39 is 0 Å². The van der Waals surface area contributed by atoms with E-state index in [2.05, 4.69) is 15.9 Å². The fourth-order valence-corrected chi connectivity index (χ4v) is 1.94. The van der Waals surface area contributed by atoms with E-state index in [1.165, 1.54) is 12.5 Å². The second kappa shape index (κ2) is 5.64. The van der Waals surface area contributed by atoms with Gasteiger partial charge in [-0.25, -0.2) is 4.39 Å². The van der Waals surface area contributed by atoms with E-state index >= 15 is 0 Å². The first kappa shape index (κ1) is 11.9. The molecule has 0 N–H and O–H groups in total. The molecule has 0 amide bonds. The maximum Gasteiger partial charge on any atom is 0.141 e. The van der Waals surface area contributed by atoms with Crippen molar-refractivity contribution in [3.8, 4) is 5.75 Å². The van der Waals surface area contributed by atoms with Crippen LogP contribution in [0.1, 0.15) is 19.3 Å². The second-order valence-corrected chi connectivity index (χ2v) is 4.73. The monoisotopic (exact) mass is 288 g/mol. The molecule has 1 saturated heterocycles. The number of benzene rings is 1. The Labute approximate surface area is 103 Å². The largest absolute Gasteiger partial charge is 0.491 e. The lowest BCUT2D eigenvalue weighted by atomic mass is 10.1. The van der Waals surface area contributed by atoms with Gasteiger partial charge in [0.1, 0.15) is 18.2 Å². The fraction of sp³-hybridized carbons (Fsp3) is 0.500. The molecule has 1 heterocycles. The molecule has 0 aromatic heterocycles. The topological polar surface area (TPSA) is 18.5 Å². The van der Waals surface area contributed by atoms with Crippen molar-refractivity contribution in [3.63, 3.8) is 0 Å². The number of hydrogen-bond donors (Lipinski definition) is 0. The average molecular weight is 289 g/mol. The van der Waals surface area contributed by atoms with Gasteiger partial charge < -0.3 is 9.47 Å². The molecule has 0 spiro atoms. The summed E-state index contributed by atoms with van der Waals surface area (Å²) in [7, 11) is 0. The van der Waals surface area contributed by atoms with Crippen LogP contribution in [-0.2, 0) is 4.74 Å². The zero-order chi connectivity index (χ0) is 11.4. The van der Waals surface area contributed by atoms with E-state index in [1.54, 1.807) is 12.1 Å². The minimum absolute atomic E-state index is 0.153. The van der Waals surface area contributed by atoms with Crippen molar-refractivity contribution in [2.75, 3.05) is 13.2 Å². The Bertz CT molecular complexity index is 351. The van der Waals surface area contributed by atoms with Gasteiger partial charge in [-0.05, 0) is 47.3 Å². The van der Waals surface area contributed by atoms with E-state index in [1.807, 2.05) is 0 Å². The van der Waals surface area contributed by atoms with Crippen LogP contribution in [0.25, 0.3) is 0 Å². The van der Waals surface area contributed by atoms with Crippen molar-refractivity contribution in [3.05, 3.63) is 28.5 Å². The Morgan fingerprint density at radius 2 is 2.31 bits per heavy atom. The second-order valence-electron chi connectivity index (χ2n) is 3.88. The van der Waals surface area contributed by atoms with Crippen LogP contribution in [0, 0.1) is 5.82 Å². The Balaban J connectivity index is 1.86. The Morgan fingerprint density at radius 1 is 1.44 bits per heavy atom. The average Bonchev–Trinajstić information content (AvgIpc) is 2.32. The van der Waals surface area contributed by atoms with Gasteiger partial charge in [-0.2, -0.15) is 0 Å². The molecule has 1 aliphatic heterocycles. The third kappa shape index (κ3) is 3.19. The molecule has 0 saturated carbocycles. The molecule has 16 heavy (non-hydrogen) atoms. The minimum Gasteiger partial charge on any atom is -0.491 e. The maximum absolute atomic E-state index is 13.2. The fourth-order valence-electron chi connectivity index (χ4n) is 1.69. The third-order valence-corrected chi connectivity index (χ3v) is 3.24. The molecule has 88 valence electrons. The first-order valence-electron chi connectivity index (χ1n) is 5.45. The van der Waals surface area contributed by atoms with Gasteiger partial charge in [0.15, 0.2) is 0 Å². The summed E-state index contributed by atoms with van der Waals surface area (Å²) in [6.45, 7) is 1.31. The van der Waals surface area contributed by atoms with Gasteiger partial charge in [-0.1, -0.05) is 0 Å². The highest BCUT2D eigenvalue weighted by molar-refractivity contribution is 9.10. The summed E-state index contributed by atoms with van der Waals surface area (Å²) >= 11 is 3.10. The van der Waals surface area contributed by atoms with Crippen molar-refractivity contribution >= 4 is 15.9 Å². The van der Waals surface area contributed by atoms with E-state index in [-0.39, 0.29) is 11.9 Å². The van der Waals surface area contributed by atoms with Crippen LogP contribution in [0.3, 0.4) is 0 Å². The van der Waals surface area contributed by atoms with Crippen LogP contribution in [-0.4, -0.2) is 19.3 Å². The Hall–Kier alpha value is -0.610. The molecule has 4 heteroatoms. The van der Waals surface area contributed by atoms with Crippen LogP contribution in [0.4, 0.5) is 4.39 Å². The summed E-state index contributed by atoms with van der Waals surface area (Å²) < 4.78 is 24.7. The maximum atomic E-state index is 13.2. The Morgan fingerprint density at radius 3 is 3.00 bits per heavy atom. The lowest BCUT2D eigenvalue weighted by molar-refractivity contribution is -0.0111. The van der Waals surface area contributed by atoms with Crippen molar-refractivity contribution in [2.45, 2.75) is 25.4 Å². The Kier molecular flexibility index (Phi) is 4.18. The molecule has 0 aliphatic carbocycles. The summed E-state index contributed by atoms with van der Waals surface area (Å²) in [5.41, 5.74) is 0. The molecule has 2 nitrogen and oxygen atoms in total. The highest BCUT2D eigenvalue weighted by Gasteiger charge is 2.14. The van der Waals surface area contributed by atoms with Crippen LogP contribution in [0.5, 0.6) is 5.75 Å². The summed E-state index contributed by atoms with van der Waals surface area (Å²) in [5.74, 6) is 0.247. The SMILES string of the molecule is Fc1cc(OCC2CCCCO2)ccc1Br. The van der Waals surface area contributed by atoms with Crippen LogP contribution in [0.2, 0.25) is 0 Å². The number of rotatable bonds is 3. The lowest BCUT2D eigenvalue weighted by Crippen LogP contribution is -2.25. The first-order chi connectivity index (χ1) is 7.75. The highest BCUT2D eigenvalue weighted by Crippen LogP contribution is 2.22. The molecule has 1 aromatic carbocycles. The van der Waals surface area contributed by atoms with Crippen LogP contribution in [0.15, 0.2) is 22.7 Å². The molecule has 2 rings (SSSR count). The molecule has 1 aliphatic rings. The summed E-state index contributed by atoms with van der Waals surface area (Å²) in [6, 6.07) is 4.77. The number of ether oxygens (including phenoxy) is 2. The quantitative estimate of drug-likeness (QED) is 0.847. The first-order valence-corrected chi connectivity index (χ1v) is 6.24. The van der Waals surface area contributed by atoms with Crippen molar-refractivity contribution in [1.82, 2.24) is 0 Å². The summed E-state index contributed by atoms with van der Waals surface area (Å²) in [4.78, 5) is 0. The summed E-state index contributed by atoms with van der Waals surface area (Å²) in [6.07, 6.45) is 3.49. The van der Waals surface area contributed by atoms with E-state index in [9.17, 15) is 4.39 Å². The van der Waals surface area contributed by atoms with Gasteiger partial charge in [0.05, 0.1) is 10.6 Å². The minimum atomic E-state index is -0.304. The van der Waals surface area contributed by atoms with E-state index in [4.69, 9.17) is 9.47 Å². The molecule has 1 fully saturated rings. The predicted molar refractivity (Wildman–Crippen MR) is 63.2 cm³/mol. The van der Waals surface area contributed by atoms with Crippen LogP contribution >= 0.6 is 15.9 Å². The molecule has 0 radical (unpaired) electrons. The highest BCUT2D eigenvalue weighted by atomic mass is 79.9. The van der Waals surface area contributed by atoms with Crippen molar-refractivity contribution in [2.24, 2.45) is 0 Å². The zero-order valence-corrected chi connectivity index (χ0v) is 10.5. The van der Waals surface area contributed by atoms with Crippen molar-refractivity contribution in [1.29, 1.82) is 0 Å². The third-order valence-electron chi connectivity index (χ3n) is 2.60. The molecule has 0 bridgehead atoms. The molecular weight excluding hydrogens is 275 g/mol. The molecule has 1 unspecified atom stereocenters. The van der Waals surface area contributed by atoms with Crippen molar-refractivity contribution < 1.29 is 13.9 Å². The van der Waals surface area contributed by atoms with Gasteiger partial charge in [-0.3, -0.25) is 0 Å². The van der Waals surface area contributed by atoms with Crippen LogP contribution < -0.4 is 4.74 Å². The molecule has 1 atom stereocenters. The molecule has 1 aromatic rings. The molecular formula is C12H14BrFO2. The normalized spacial score (nSPS) is 20.8. The summed E-state index contributed by atoms with van der Waals surface area (Å²) in [5, 5.41) is 0. The zero-order valence-electron chi connectivity index (χ0n) is 8.92. The number of hydrogen-bond acceptors (Lipinski definition) is 2. The van der Waals surface area contributed by atoms with E-state index in [0.29, 0.717) is 16.8 Å². The number of halogens is 2. The van der Waals surface area contributed by atoms with Gasteiger partial charge >= 0.3 is 0 Å². The lowest BCUT2D eigenvalue weighted by Gasteiger charge is -2.22. The van der Waals surface area contributed by atoms with Gasteiger partial charge in [0.25, 0.3) is 0 Å². The van der Waals surface area contributed by atoms with E-state index in [0.717, 1.165) is 19.4 Å². The van der Waals surface area contributed by atoms with Gasteiger partial charge in [-0.15, -0.1) is 0 Å².